The fraction of sp³-hybridized carbons (Fsp3) is 0.385. The lowest BCUT2D eigenvalue weighted by atomic mass is 9.77. The zero-order chi connectivity index (χ0) is 13.5. The molecule has 20 heavy (non-hydrogen) atoms. The van der Waals surface area contributed by atoms with E-state index >= 15 is 0 Å². The van der Waals surface area contributed by atoms with Gasteiger partial charge in [0.1, 0.15) is 0 Å². The van der Waals surface area contributed by atoms with Gasteiger partial charge in [-0.05, 0) is 43.0 Å². The average Bonchev–Trinajstić information content (AvgIpc) is 2.80. The highest BCUT2D eigenvalue weighted by atomic mass is 35.5. The summed E-state index contributed by atoms with van der Waals surface area (Å²) < 4.78 is 5.24. The molecule has 0 aliphatic heterocycles. The molecule has 0 unspecified atom stereocenters. The third kappa shape index (κ3) is 2.93. The van der Waals surface area contributed by atoms with Crippen molar-refractivity contribution in [2.24, 2.45) is 5.73 Å². The van der Waals surface area contributed by atoms with Crippen LogP contribution in [0, 0.1) is 0 Å². The Morgan fingerprint density at radius 2 is 2.05 bits per heavy atom. The molecule has 0 saturated heterocycles. The van der Waals surface area contributed by atoms with Crippen LogP contribution in [-0.2, 0) is 12.0 Å². The monoisotopic (exact) mass is 333 g/mol. The molecule has 1 heterocycles. The summed E-state index contributed by atoms with van der Waals surface area (Å²) in [6.07, 6.45) is 3.39. The third-order valence-corrected chi connectivity index (χ3v) is 4.11. The lowest BCUT2D eigenvalue weighted by Gasteiger charge is -2.34. The van der Waals surface area contributed by atoms with Crippen molar-refractivity contribution in [2.75, 3.05) is 0 Å². The second-order valence-electron chi connectivity index (χ2n) is 4.93. The van der Waals surface area contributed by atoms with Gasteiger partial charge in [-0.25, -0.2) is 0 Å². The first-order chi connectivity index (χ1) is 9.07. The van der Waals surface area contributed by atoms with Crippen LogP contribution in [0.25, 0.3) is 0 Å². The van der Waals surface area contributed by atoms with Crippen LogP contribution in [0.4, 0.5) is 0 Å². The van der Waals surface area contributed by atoms with Crippen molar-refractivity contribution in [1.29, 1.82) is 0 Å². The van der Waals surface area contributed by atoms with Crippen molar-refractivity contribution in [3.05, 3.63) is 45.5 Å². The summed E-state index contributed by atoms with van der Waals surface area (Å²) in [6.45, 7) is 0. The second-order valence-corrected chi connectivity index (χ2v) is 5.78. The van der Waals surface area contributed by atoms with Gasteiger partial charge in [-0.1, -0.05) is 28.4 Å². The van der Waals surface area contributed by atoms with Crippen LogP contribution in [0.1, 0.15) is 36.5 Å². The van der Waals surface area contributed by atoms with Crippen LogP contribution in [-0.4, -0.2) is 10.1 Å². The zero-order valence-corrected chi connectivity index (χ0v) is 12.9. The third-order valence-electron chi connectivity index (χ3n) is 3.51. The van der Waals surface area contributed by atoms with Gasteiger partial charge in [0.25, 0.3) is 0 Å². The Hall–Kier alpha value is -0.810. The fourth-order valence-corrected chi connectivity index (χ4v) is 2.53. The number of rotatable bonds is 3. The van der Waals surface area contributed by atoms with Gasteiger partial charge in [0.05, 0.1) is 12.0 Å². The standard InChI is InChI=1S/C13H13Cl2N3O.ClH/c14-9-2-3-10(15)8(6-9)7-11-17-12(18-19-11)13(16)4-1-5-13;/h2-3,6H,1,4-5,7,16H2;1H. The van der Waals surface area contributed by atoms with E-state index in [4.69, 9.17) is 33.5 Å². The van der Waals surface area contributed by atoms with E-state index in [0.29, 0.717) is 28.2 Å². The molecular weight excluding hydrogens is 321 g/mol. The number of hydrogen-bond donors (Lipinski definition) is 1. The maximum absolute atomic E-state index is 6.15. The summed E-state index contributed by atoms with van der Waals surface area (Å²) >= 11 is 12.1. The van der Waals surface area contributed by atoms with Gasteiger partial charge in [-0.15, -0.1) is 12.4 Å². The maximum Gasteiger partial charge on any atom is 0.231 e. The number of hydrogen-bond acceptors (Lipinski definition) is 4. The van der Waals surface area contributed by atoms with Gasteiger partial charge in [0.15, 0.2) is 5.82 Å². The molecule has 1 aromatic carbocycles. The summed E-state index contributed by atoms with van der Waals surface area (Å²) in [5, 5.41) is 5.24. The first kappa shape index (κ1) is 15.6. The lowest BCUT2D eigenvalue weighted by Crippen LogP contribution is -2.44. The molecule has 0 atom stereocenters. The Labute approximate surface area is 133 Å². The van der Waals surface area contributed by atoms with Gasteiger partial charge >= 0.3 is 0 Å². The summed E-state index contributed by atoms with van der Waals surface area (Å²) in [5.41, 5.74) is 6.61. The number of nitrogens with zero attached hydrogens (tertiary/aromatic N) is 2. The Balaban J connectivity index is 0.00000147. The first-order valence-electron chi connectivity index (χ1n) is 6.13. The van der Waals surface area contributed by atoms with Crippen molar-refractivity contribution in [1.82, 2.24) is 10.1 Å². The van der Waals surface area contributed by atoms with Crippen molar-refractivity contribution in [3.63, 3.8) is 0 Å². The predicted molar refractivity (Wildman–Crippen MR) is 80.5 cm³/mol. The number of benzene rings is 1. The van der Waals surface area contributed by atoms with E-state index < -0.39 is 5.54 Å². The summed E-state index contributed by atoms with van der Waals surface area (Å²) in [7, 11) is 0. The van der Waals surface area contributed by atoms with Gasteiger partial charge < -0.3 is 10.3 Å². The Kier molecular flexibility index (Phi) is 4.59. The number of nitrogens with two attached hydrogens (primary N) is 1. The van der Waals surface area contributed by atoms with Crippen molar-refractivity contribution < 1.29 is 4.52 Å². The molecule has 1 fully saturated rings. The van der Waals surface area contributed by atoms with E-state index in [2.05, 4.69) is 10.1 Å². The van der Waals surface area contributed by atoms with Crippen LogP contribution in [0.5, 0.6) is 0 Å². The molecule has 2 N–H and O–H groups in total. The molecule has 7 heteroatoms. The first-order valence-corrected chi connectivity index (χ1v) is 6.88. The van der Waals surface area contributed by atoms with E-state index in [0.717, 1.165) is 24.8 Å². The molecule has 108 valence electrons. The normalized spacial score (nSPS) is 16.4. The Morgan fingerprint density at radius 1 is 1.30 bits per heavy atom. The van der Waals surface area contributed by atoms with Gasteiger partial charge in [-0.2, -0.15) is 4.98 Å². The van der Waals surface area contributed by atoms with E-state index in [9.17, 15) is 0 Å². The van der Waals surface area contributed by atoms with Crippen molar-refractivity contribution in [3.8, 4) is 0 Å². The Morgan fingerprint density at radius 3 is 2.70 bits per heavy atom. The molecule has 0 bridgehead atoms. The number of halogens is 3. The largest absolute Gasteiger partial charge is 0.339 e. The molecule has 1 aliphatic rings. The average molecular weight is 335 g/mol. The molecule has 0 spiro atoms. The SMILES string of the molecule is Cl.NC1(c2noc(Cc3cc(Cl)ccc3Cl)n2)CCC1. The van der Waals surface area contributed by atoms with E-state index in [1.165, 1.54) is 0 Å². The predicted octanol–water partition coefficient (Wildman–Crippen LogP) is 3.73. The topological polar surface area (TPSA) is 64.9 Å². The molecule has 1 aliphatic carbocycles. The second kappa shape index (κ2) is 5.90. The highest BCUT2D eigenvalue weighted by molar-refractivity contribution is 6.33. The zero-order valence-electron chi connectivity index (χ0n) is 10.6. The molecule has 0 amide bonds. The van der Waals surface area contributed by atoms with Crippen LogP contribution in [0.2, 0.25) is 10.0 Å². The smallest absolute Gasteiger partial charge is 0.231 e. The van der Waals surface area contributed by atoms with Crippen LogP contribution in [0.3, 0.4) is 0 Å². The highest BCUT2D eigenvalue weighted by Crippen LogP contribution is 2.37. The van der Waals surface area contributed by atoms with Gasteiger partial charge in [0, 0.05) is 10.0 Å². The minimum atomic E-state index is -0.403. The van der Waals surface area contributed by atoms with E-state index in [1.54, 1.807) is 18.2 Å². The quantitative estimate of drug-likeness (QED) is 0.929. The van der Waals surface area contributed by atoms with Crippen LogP contribution < -0.4 is 5.73 Å². The number of aromatic nitrogens is 2. The fourth-order valence-electron chi connectivity index (χ4n) is 2.15. The van der Waals surface area contributed by atoms with Crippen molar-refractivity contribution in [2.45, 2.75) is 31.2 Å². The molecule has 1 saturated carbocycles. The van der Waals surface area contributed by atoms with Crippen LogP contribution in [0.15, 0.2) is 22.7 Å². The maximum atomic E-state index is 6.15. The highest BCUT2D eigenvalue weighted by Gasteiger charge is 2.38. The van der Waals surface area contributed by atoms with Gasteiger partial charge in [-0.3, -0.25) is 0 Å². The van der Waals surface area contributed by atoms with Crippen molar-refractivity contribution >= 4 is 35.6 Å². The molecule has 2 aromatic rings. The van der Waals surface area contributed by atoms with Gasteiger partial charge in [0.2, 0.25) is 5.89 Å². The molecule has 1 aromatic heterocycles. The lowest BCUT2D eigenvalue weighted by molar-refractivity contribution is 0.229. The minimum absolute atomic E-state index is 0. The Bertz CT molecular complexity index is 611. The molecule has 0 radical (unpaired) electrons. The molecule has 3 rings (SSSR count). The summed E-state index contributed by atoms with van der Waals surface area (Å²) in [4.78, 5) is 4.37. The summed E-state index contributed by atoms with van der Waals surface area (Å²) in [6, 6.07) is 5.30. The summed E-state index contributed by atoms with van der Waals surface area (Å²) in [5.74, 6) is 1.10. The molecule has 4 nitrogen and oxygen atoms in total. The van der Waals surface area contributed by atoms with E-state index in [-0.39, 0.29) is 12.4 Å². The minimum Gasteiger partial charge on any atom is -0.339 e. The van der Waals surface area contributed by atoms with Crippen LogP contribution >= 0.6 is 35.6 Å². The van der Waals surface area contributed by atoms with E-state index in [1.807, 2.05) is 0 Å². The molecular formula is C13H14Cl3N3O.